The monoisotopic (exact) mass is 658 g/mol. The average Bonchev–Trinajstić information content (AvgIpc) is 3.63. The van der Waals surface area contributed by atoms with E-state index < -0.39 is 17.6 Å². The zero-order chi connectivity index (χ0) is 34.1. The fraction of sp³-hybridized carbons (Fsp3) is 0.474. The van der Waals surface area contributed by atoms with Crippen LogP contribution in [0, 0.1) is 5.92 Å². The lowest BCUT2D eigenvalue weighted by Gasteiger charge is -2.39. The molecule has 1 aliphatic carbocycles. The Morgan fingerprint density at radius 3 is 2.52 bits per heavy atom. The first-order chi connectivity index (χ1) is 22.8. The van der Waals surface area contributed by atoms with Gasteiger partial charge in [0.15, 0.2) is 17.3 Å². The molecule has 6 aliphatic rings. The molecule has 6 unspecified atom stereocenters. The first kappa shape index (κ1) is 32.1. The third-order valence-corrected chi connectivity index (χ3v) is 10.3. The molecule has 48 heavy (non-hydrogen) atoms. The third-order valence-electron chi connectivity index (χ3n) is 10.3. The topological polar surface area (TPSA) is 122 Å². The molecule has 0 bridgehead atoms. The van der Waals surface area contributed by atoms with Gasteiger partial charge in [-0.05, 0) is 71.6 Å². The van der Waals surface area contributed by atoms with Gasteiger partial charge in [0.2, 0.25) is 0 Å². The van der Waals surface area contributed by atoms with Crippen LogP contribution >= 0.6 is 0 Å². The highest BCUT2D eigenvalue weighted by atomic mass is 16.6. The molecular weight excluding hydrogens is 616 g/mol. The first-order valence-corrected chi connectivity index (χ1v) is 16.4. The maximum absolute atomic E-state index is 13.6. The van der Waals surface area contributed by atoms with Crippen molar-refractivity contribution in [3.8, 4) is 34.5 Å². The van der Waals surface area contributed by atoms with Crippen molar-refractivity contribution in [2.24, 2.45) is 5.92 Å². The number of benzene rings is 2. The Balaban J connectivity index is 0.000000172. The predicted octanol–water partition coefficient (Wildman–Crippen LogP) is 6.48. The zero-order valence-electron chi connectivity index (χ0n) is 28.2. The van der Waals surface area contributed by atoms with Crippen LogP contribution < -0.4 is 23.7 Å². The van der Waals surface area contributed by atoms with Crippen molar-refractivity contribution in [2.75, 3.05) is 20.8 Å². The highest BCUT2D eigenvalue weighted by molar-refractivity contribution is 6.08. The van der Waals surface area contributed by atoms with E-state index in [2.05, 4.69) is 26.5 Å². The van der Waals surface area contributed by atoms with Crippen LogP contribution in [0.2, 0.25) is 0 Å². The number of Topliss-reactive ketones (excluding diaryl/α,β-unsaturated/α-hetero) is 1. The SMILES string of the molecule is C=C1C(=O)OC2C1CCC(C)=CCCC1(C)OC21.COc1cc2c(cc1OC)C1C(=O)c3c(O)cc4c(c3OC1CO2)C=CC(C)(C)O4. The second-order valence-electron chi connectivity index (χ2n) is 14.1. The summed E-state index contributed by atoms with van der Waals surface area (Å²) >= 11 is 0. The lowest BCUT2D eigenvalue weighted by atomic mass is 9.80. The number of ether oxygens (including phenoxy) is 7. The number of phenolic OH excluding ortho intramolecular Hbond substituents is 1. The molecule has 5 heterocycles. The van der Waals surface area contributed by atoms with Gasteiger partial charge in [-0.3, -0.25) is 4.79 Å². The molecule has 10 heteroatoms. The molecule has 1 N–H and O–H groups in total. The van der Waals surface area contributed by atoms with Crippen molar-refractivity contribution in [3.05, 3.63) is 64.8 Å². The van der Waals surface area contributed by atoms with Crippen molar-refractivity contribution in [3.63, 3.8) is 0 Å². The van der Waals surface area contributed by atoms with Crippen LogP contribution in [0.1, 0.15) is 80.8 Å². The van der Waals surface area contributed by atoms with Crippen molar-refractivity contribution < 1.29 is 47.9 Å². The summed E-state index contributed by atoms with van der Waals surface area (Å²) in [7, 11) is 3.07. The second-order valence-corrected chi connectivity index (χ2v) is 14.1. The number of hydrogen-bond donors (Lipinski definition) is 1. The van der Waals surface area contributed by atoms with Gasteiger partial charge in [0.05, 0.1) is 31.3 Å². The van der Waals surface area contributed by atoms with Crippen LogP contribution in [0.5, 0.6) is 34.5 Å². The van der Waals surface area contributed by atoms with Gasteiger partial charge in [-0.1, -0.05) is 18.2 Å². The molecule has 0 saturated carbocycles. The number of ketones is 1. The molecule has 0 radical (unpaired) electrons. The summed E-state index contributed by atoms with van der Waals surface area (Å²) in [5.74, 6) is 1.24. The molecule has 10 nitrogen and oxygen atoms in total. The molecular formula is C38H42O10. The van der Waals surface area contributed by atoms with Gasteiger partial charge in [-0.25, -0.2) is 4.79 Å². The van der Waals surface area contributed by atoms with E-state index in [4.69, 9.17) is 33.2 Å². The minimum Gasteiger partial charge on any atom is -0.507 e. The number of aromatic hydroxyl groups is 1. The Labute approximate surface area is 280 Å². The Hall–Kier alpha value is -4.44. The summed E-state index contributed by atoms with van der Waals surface area (Å²) < 4.78 is 40.1. The Morgan fingerprint density at radius 2 is 1.77 bits per heavy atom. The van der Waals surface area contributed by atoms with Gasteiger partial charge in [-0.2, -0.15) is 0 Å². The number of hydrogen-bond acceptors (Lipinski definition) is 10. The van der Waals surface area contributed by atoms with Gasteiger partial charge in [0.25, 0.3) is 0 Å². The first-order valence-electron chi connectivity index (χ1n) is 16.4. The summed E-state index contributed by atoms with van der Waals surface area (Å²) in [5, 5.41) is 10.7. The zero-order valence-corrected chi connectivity index (χ0v) is 28.2. The largest absolute Gasteiger partial charge is 0.507 e. The highest BCUT2D eigenvalue weighted by Crippen LogP contribution is 2.53. The minimum absolute atomic E-state index is 0.0671. The van der Waals surface area contributed by atoms with Crippen LogP contribution in [0.25, 0.3) is 6.08 Å². The molecule has 2 aromatic carbocycles. The van der Waals surface area contributed by atoms with Crippen LogP contribution in [0.15, 0.2) is 48.1 Å². The smallest absolute Gasteiger partial charge is 0.334 e. The van der Waals surface area contributed by atoms with E-state index >= 15 is 0 Å². The molecule has 2 fully saturated rings. The summed E-state index contributed by atoms with van der Waals surface area (Å²) in [6.07, 6.45) is 9.49. The van der Waals surface area contributed by atoms with Crippen molar-refractivity contribution >= 4 is 17.8 Å². The van der Waals surface area contributed by atoms with E-state index in [0.29, 0.717) is 45.4 Å². The van der Waals surface area contributed by atoms with E-state index in [1.54, 1.807) is 19.2 Å². The fourth-order valence-electron chi connectivity index (χ4n) is 7.48. The van der Waals surface area contributed by atoms with E-state index in [0.717, 1.165) is 25.7 Å². The lowest BCUT2D eigenvalue weighted by Crippen LogP contribution is -2.43. The van der Waals surface area contributed by atoms with Gasteiger partial charge in [-0.15, -0.1) is 0 Å². The number of methoxy groups -OCH3 is 2. The van der Waals surface area contributed by atoms with Crippen molar-refractivity contribution in [2.45, 2.75) is 88.8 Å². The second kappa shape index (κ2) is 11.6. The number of allylic oxidation sites excluding steroid dienone is 2. The molecule has 0 amide bonds. The van der Waals surface area contributed by atoms with Gasteiger partial charge < -0.3 is 38.3 Å². The Morgan fingerprint density at radius 1 is 1.02 bits per heavy atom. The van der Waals surface area contributed by atoms with Crippen molar-refractivity contribution in [1.82, 2.24) is 0 Å². The molecule has 2 aromatic rings. The Kier molecular flexibility index (Phi) is 7.77. The van der Waals surface area contributed by atoms with Crippen molar-refractivity contribution in [1.29, 1.82) is 0 Å². The summed E-state index contributed by atoms with van der Waals surface area (Å²) in [6, 6.07) is 4.92. The number of esters is 1. The van der Waals surface area contributed by atoms with E-state index in [-0.39, 0.29) is 53.4 Å². The van der Waals surface area contributed by atoms with Crippen LogP contribution in [-0.2, 0) is 14.3 Å². The Bertz CT molecular complexity index is 1770. The number of epoxide rings is 1. The number of carbonyl (C=O) groups excluding carboxylic acids is 2. The quantitative estimate of drug-likeness (QED) is 0.166. The normalized spacial score (nSPS) is 30.3. The van der Waals surface area contributed by atoms with Crippen LogP contribution in [-0.4, -0.2) is 67.2 Å². The lowest BCUT2D eigenvalue weighted by molar-refractivity contribution is -0.140. The molecule has 5 aliphatic heterocycles. The van der Waals surface area contributed by atoms with Gasteiger partial charge >= 0.3 is 5.97 Å². The average molecular weight is 659 g/mol. The number of carbonyl (C=O) groups is 2. The summed E-state index contributed by atoms with van der Waals surface area (Å²) in [4.78, 5) is 25.3. The predicted molar refractivity (Wildman–Crippen MR) is 176 cm³/mol. The highest BCUT2D eigenvalue weighted by Gasteiger charge is 2.61. The minimum atomic E-state index is -0.630. The maximum atomic E-state index is 13.6. The van der Waals surface area contributed by atoms with Crippen LogP contribution in [0.3, 0.4) is 0 Å². The van der Waals surface area contributed by atoms with E-state index in [1.807, 2.05) is 26.0 Å². The van der Waals surface area contributed by atoms with E-state index in [1.165, 1.54) is 18.7 Å². The standard InChI is InChI=1S/C23H22O7.C15H20O3/c1-23(2)6-5-11-15(30-23)8-13(24)20-21(25)19-12-7-16(26-3)17(27-4)9-14(12)28-10-18(19)29-22(11)20;1-9-5-4-8-15(3)13(18-15)12-11(7-6-9)10(2)14(16)17-12/h5-9,18-19,24H,10H2,1-4H3;5,11-13H,2,4,6-8H2,1,3H3. The molecule has 6 atom stereocenters. The fourth-order valence-corrected chi connectivity index (χ4v) is 7.48. The molecule has 0 aromatic heterocycles. The molecule has 254 valence electrons. The number of rotatable bonds is 2. The van der Waals surface area contributed by atoms with E-state index in [9.17, 15) is 14.7 Å². The number of phenols is 1. The third kappa shape index (κ3) is 5.40. The van der Waals surface area contributed by atoms with Gasteiger partial charge in [0.1, 0.15) is 59.1 Å². The summed E-state index contributed by atoms with van der Waals surface area (Å²) in [5.41, 5.74) is 2.84. The molecule has 8 rings (SSSR count). The molecule has 0 spiro atoms. The maximum Gasteiger partial charge on any atom is 0.334 e. The number of fused-ring (bicyclic) bond motifs is 9. The molecule has 2 saturated heterocycles. The van der Waals surface area contributed by atoms with Gasteiger partial charge in [0, 0.05) is 29.2 Å². The summed E-state index contributed by atoms with van der Waals surface area (Å²) in [6.45, 7) is 12.2. The van der Waals surface area contributed by atoms with Crippen LogP contribution in [0.4, 0.5) is 0 Å².